The molecule has 0 atom stereocenters. The lowest BCUT2D eigenvalue weighted by atomic mass is 10.1. The van der Waals surface area contributed by atoms with E-state index in [9.17, 15) is 18.0 Å². The van der Waals surface area contributed by atoms with E-state index in [4.69, 9.17) is 9.47 Å². The molecule has 2 aliphatic heterocycles. The molecule has 10 nitrogen and oxygen atoms in total. The van der Waals surface area contributed by atoms with Gasteiger partial charge in [0.05, 0.1) is 18.4 Å². The highest BCUT2D eigenvalue weighted by Gasteiger charge is 2.30. The van der Waals surface area contributed by atoms with Crippen molar-refractivity contribution >= 4 is 28.8 Å². The molecular formula is C28H28F3N7O3. The Bertz CT molecular complexity index is 1560. The van der Waals surface area contributed by atoms with E-state index in [2.05, 4.69) is 25.6 Å². The molecule has 4 heterocycles. The molecule has 2 N–H and O–H groups in total. The molecule has 13 heteroatoms. The zero-order valence-electron chi connectivity index (χ0n) is 22.1. The van der Waals surface area contributed by atoms with Crippen molar-refractivity contribution < 1.29 is 27.4 Å². The fourth-order valence-electron chi connectivity index (χ4n) is 4.91. The summed E-state index contributed by atoms with van der Waals surface area (Å²) in [4.78, 5) is 27.7. The zero-order chi connectivity index (χ0) is 28.4. The highest BCUT2D eigenvalue weighted by molar-refractivity contribution is 5.84. The van der Waals surface area contributed by atoms with Gasteiger partial charge in [-0.2, -0.15) is 23.1 Å². The lowest BCUT2D eigenvalue weighted by Gasteiger charge is -2.16. The van der Waals surface area contributed by atoms with Gasteiger partial charge in [0.1, 0.15) is 0 Å². The number of fused-ring (bicyclic) bond motifs is 2. The Kier molecular flexibility index (Phi) is 7.25. The molecule has 214 valence electrons. The van der Waals surface area contributed by atoms with Crippen LogP contribution in [0.4, 0.5) is 24.9 Å². The number of rotatable bonds is 10. The lowest BCUT2D eigenvalue weighted by molar-refractivity contribution is -0.137. The molecule has 1 fully saturated rings. The molecular weight excluding hydrogens is 539 g/mol. The second kappa shape index (κ2) is 11.1. The minimum atomic E-state index is -4.39. The topological polar surface area (TPSA) is 106 Å². The average Bonchev–Trinajstić information content (AvgIpc) is 3.70. The van der Waals surface area contributed by atoms with Gasteiger partial charge in [0.25, 0.3) is 0 Å². The third kappa shape index (κ3) is 5.98. The summed E-state index contributed by atoms with van der Waals surface area (Å²) in [5.74, 6) is 2.45. The number of benzene rings is 2. The molecule has 4 aromatic rings. The van der Waals surface area contributed by atoms with E-state index in [0.717, 1.165) is 37.1 Å². The van der Waals surface area contributed by atoms with E-state index < -0.39 is 11.7 Å². The van der Waals surface area contributed by atoms with Crippen LogP contribution in [0.25, 0.3) is 11.2 Å². The maximum atomic E-state index is 13.0. The number of hydrogen-bond acceptors (Lipinski definition) is 8. The van der Waals surface area contributed by atoms with Crippen LogP contribution in [0.1, 0.15) is 36.0 Å². The van der Waals surface area contributed by atoms with Crippen molar-refractivity contribution in [3.05, 3.63) is 65.5 Å². The van der Waals surface area contributed by atoms with Crippen molar-refractivity contribution in [1.82, 2.24) is 24.4 Å². The van der Waals surface area contributed by atoms with Crippen molar-refractivity contribution in [2.45, 2.75) is 38.5 Å². The number of hydrogen-bond donors (Lipinski definition) is 2. The third-order valence-corrected chi connectivity index (χ3v) is 7.05. The van der Waals surface area contributed by atoms with Gasteiger partial charge in [-0.3, -0.25) is 4.79 Å². The standard InChI is InChI=1S/C28H28F3N7O3/c29-28(30,31)20-7-4-18(5-8-20)15-38-16-34-24-25(32-10-2-12-37-11-1-3-23(37)39)35-27(36-26(24)38)33-14-19-6-9-21-22(13-19)41-17-40-21/h4-9,13,16H,1-3,10-12,14-15,17H2,(H2,32,33,35,36). The summed E-state index contributed by atoms with van der Waals surface area (Å²) in [6, 6.07) is 10.7. The first-order valence-corrected chi connectivity index (χ1v) is 13.4. The molecule has 2 aliphatic rings. The van der Waals surface area contributed by atoms with Gasteiger partial charge >= 0.3 is 6.18 Å². The number of ether oxygens (including phenoxy) is 2. The van der Waals surface area contributed by atoms with E-state index >= 15 is 0 Å². The maximum Gasteiger partial charge on any atom is 0.416 e. The fourth-order valence-corrected chi connectivity index (χ4v) is 4.91. The van der Waals surface area contributed by atoms with Gasteiger partial charge in [0, 0.05) is 32.6 Å². The van der Waals surface area contributed by atoms with Crippen LogP contribution in [0.5, 0.6) is 11.5 Å². The minimum Gasteiger partial charge on any atom is -0.454 e. The van der Waals surface area contributed by atoms with Gasteiger partial charge in [0.2, 0.25) is 18.6 Å². The number of imidazole rings is 1. The largest absolute Gasteiger partial charge is 0.454 e. The third-order valence-electron chi connectivity index (χ3n) is 7.05. The maximum absolute atomic E-state index is 13.0. The summed E-state index contributed by atoms with van der Waals surface area (Å²) < 4.78 is 51.7. The molecule has 1 saturated heterocycles. The molecule has 0 bridgehead atoms. The van der Waals surface area contributed by atoms with E-state index in [1.54, 1.807) is 10.9 Å². The number of likely N-dealkylation sites (tertiary alicyclic amines) is 1. The van der Waals surface area contributed by atoms with Crippen LogP contribution in [0, 0.1) is 0 Å². The van der Waals surface area contributed by atoms with Crippen LogP contribution >= 0.6 is 0 Å². The van der Waals surface area contributed by atoms with Gasteiger partial charge in [0.15, 0.2) is 28.5 Å². The number of alkyl halides is 3. The van der Waals surface area contributed by atoms with Gasteiger partial charge in [-0.25, -0.2) is 4.98 Å². The van der Waals surface area contributed by atoms with Crippen molar-refractivity contribution in [3.8, 4) is 11.5 Å². The monoisotopic (exact) mass is 567 g/mol. The molecule has 0 spiro atoms. The molecule has 0 aliphatic carbocycles. The smallest absolute Gasteiger partial charge is 0.416 e. The Balaban J connectivity index is 1.22. The van der Waals surface area contributed by atoms with Gasteiger partial charge in [-0.05, 0) is 48.2 Å². The van der Waals surface area contributed by atoms with E-state index in [0.29, 0.717) is 66.0 Å². The summed E-state index contributed by atoms with van der Waals surface area (Å²) in [6.07, 6.45) is -0.549. The fraction of sp³-hybridized carbons (Fsp3) is 0.357. The summed E-state index contributed by atoms with van der Waals surface area (Å²) in [5.41, 5.74) is 2.00. The van der Waals surface area contributed by atoms with Gasteiger partial charge < -0.3 is 29.6 Å². The lowest BCUT2D eigenvalue weighted by Crippen LogP contribution is -2.27. The molecule has 41 heavy (non-hydrogen) atoms. The number of aromatic nitrogens is 4. The average molecular weight is 568 g/mol. The Labute approximate surface area is 233 Å². The Hall–Kier alpha value is -4.55. The predicted molar refractivity (Wildman–Crippen MR) is 145 cm³/mol. The molecule has 2 aromatic carbocycles. The quantitative estimate of drug-likeness (QED) is 0.267. The number of carbonyl (C=O) groups excluding carboxylic acids is 1. The van der Waals surface area contributed by atoms with Crippen molar-refractivity contribution in [2.24, 2.45) is 0 Å². The predicted octanol–water partition coefficient (Wildman–Crippen LogP) is 4.66. The van der Waals surface area contributed by atoms with Gasteiger partial charge in [-0.1, -0.05) is 18.2 Å². The first-order valence-electron chi connectivity index (χ1n) is 13.4. The molecule has 2 aromatic heterocycles. The number of nitrogens with one attached hydrogen (secondary N) is 2. The van der Waals surface area contributed by atoms with E-state index in [-0.39, 0.29) is 19.2 Å². The number of halogens is 3. The Morgan fingerprint density at radius 3 is 2.56 bits per heavy atom. The summed E-state index contributed by atoms with van der Waals surface area (Å²) in [5, 5.41) is 6.59. The van der Waals surface area contributed by atoms with Crippen molar-refractivity contribution in [3.63, 3.8) is 0 Å². The number of anilines is 2. The molecule has 6 rings (SSSR count). The van der Waals surface area contributed by atoms with E-state index in [1.165, 1.54) is 12.1 Å². The van der Waals surface area contributed by atoms with Crippen LogP contribution in [-0.2, 0) is 24.1 Å². The SMILES string of the molecule is O=C1CCCN1CCCNc1nc(NCc2ccc3c(c2)OCO3)nc2c1ncn2Cc1ccc(C(F)(F)F)cc1. The number of nitrogens with zero attached hydrogens (tertiary/aromatic N) is 5. The summed E-state index contributed by atoms with van der Waals surface area (Å²) in [7, 11) is 0. The normalized spacial score (nSPS) is 14.7. The molecule has 0 radical (unpaired) electrons. The van der Waals surface area contributed by atoms with Gasteiger partial charge in [-0.15, -0.1) is 0 Å². The molecule has 0 saturated carbocycles. The van der Waals surface area contributed by atoms with E-state index in [1.807, 2.05) is 23.1 Å². The summed E-state index contributed by atoms with van der Waals surface area (Å²) in [6.45, 7) is 2.92. The molecule has 1 amide bonds. The highest BCUT2D eigenvalue weighted by Crippen LogP contribution is 2.33. The van der Waals surface area contributed by atoms with Crippen LogP contribution in [0.2, 0.25) is 0 Å². The van der Waals surface area contributed by atoms with Crippen LogP contribution < -0.4 is 20.1 Å². The number of carbonyl (C=O) groups is 1. The van der Waals surface area contributed by atoms with Crippen LogP contribution in [-0.4, -0.2) is 56.8 Å². The first-order chi connectivity index (χ1) is 19.8. The first kappa shape index (κ1) is 26.7. The van der Waals surface area contributed by atoms with Crippen molar-refractivity contribution in [2.75, 3.05) is 37.1 Å². The Morgan fingerprint density at radius 1 is 0.976 bits per heavy atom. The second-order valence-corrected chi connectivity index (χ2v) is 9.94. The second-order valence-electron chi connectivity index (χ2n) is 9.94. The summed E-state index contributed by atoms with van der Waals surface area (Å²) >= 11 is 0. The zero-order valence-corrected chi connectivity index (χ0v) is 22.1. The van der Waals surface area contributed by atoms with Crippen molar-refractivity contribution in [1.29, 1.82) is 0 Å². The highest BCUT2D eigenvalue weighted by atomic mass is 19.4. The molecule has 0 unspecified atom stereocenters. The Morgan fingerprint density at radius 2 is 1.78 bits per heavy atom. The number of amides is 1. The van der Waals surface area contributed by atoms with Crippen LogP contribution in [0.15, 0.2) is 48.8 Å². The van der Waals surface area contributed by atoms with Crippen LogP contribution in [0.3, 0.4) is 0 Å². The minimum absolute atomic E-state index is 0.187.